The third kappa shape index (κ3) is 2.10. The predicted octanol–water partition coefficient (Wildman–Crippen LogP) is 3.10. The molecule has 1 rings (SSSR count). The molecule has 0 bridgehead atoms. The Balaban J connectivity index is 3.25. The Hall–Kier alpha value is -0.380. The molecule has 1 aromatic carbocycles. The standard InChI is InChI=1S/C8H7Cl2F2N/c9-4-1-2-5(10)8(12)7(4)6(13)3-11/h1-2,6H,3,13H2/t6-/m1/s1. The van der Waals surface area contributed by atoms with Crippen LogP contribution in [0.15, 0.2) is 12.1 Å². The summed E-state index contributed by atoms with van der Waals surface area (Å²) in [6.45, 7) is -0.878. The van der Waals surface area contributed by atoms with Crippen LogP contribution in [0.3, 0.4) is 0 Å². The van der Waals surface area contributed by atoms with Crippen LogP contribution < -0.4 is 5.73 Å². The minimum Gasteiger partial charge on any atom is -0.322 e. The zero-order chi connectivity index (χ0) is 10.0. The van der Waals surface area contributed by atoms with Crippen molar-refractivity contribution < 1.29 is 8.78 Å². The summed E-state index contributed by atoms with van der Waals surface area (Å²) in [5.74, 6) is -0.751. The van der Waals surface area contributed by atoms with Gasteiger partial charge in [0.2, 0.25) is 0 Å². The minimum absolute atomic E-state index is 0.0725. The molecule has 0 aliphatic carbocycles. The van der Waals surface area contributed by atoms with Crippen molar-refractivity contribution in [2.75, 3.05) is 6.67 Å². The Labute approximate surface area is 84.4 Å². The Morgan fingerprint density at radius 2 is 1.85 bits per heavy atom. The largest absolute Gasteiger partial charge is 0.322 e. The molecule has 2 N–H and O–H groups in total. The summed E-state index contributed by atoms with van der Waals surface area (Å²) < 4.78 is 25.4. The smallest absolute Gasteiger partial charge is 0.148 e. The molecule has 13 heavy (non-hydrogen) atoms. The average molecular weight is 226 g/mol. The first-order valence-electron chi connectivity index (χ1n) is 3.53. The zero-order valence-corrected chi connectivity index (χ0v) is 8.04. The van der Waals surface area contributed by atoms with Gasteiger partial charge in [0.15, 0.2) is 0 Å². The van der Waals surface area contributed by atoms with E-state index in [0.29, 0.717) is 0 Å². The second-order valence-corrected chi connectivity index (χ2v) is 3.33. The van der Waals surface area contributed by atoms with Gasteiger partial charge in [0.25, 0.3) is 0 Å². The van der Waals surface area contributed by atoms with Gasteiger partial charge < -0.3 is 5.73 Å². The van der Waals surface area contributed by atoms with Crippen molar-refractivity contribution in [3.63, 3.8) is 0 Å². The SMILES string of the molecule is N[C@H](CF)c1c(Cl)ccc(Cl)c1F. The molecule has 0 aliphatic heterocycles. The first-order chi connectivity index (χ1) is 6.07. The van der Waals surface area contributed by atoms with E-state index >= 15 is 0 Å². The fourth-order valence-corrected chi connectivity index (χ4v) is 1.41. The predicted molar refractivity (Wildman–Crippen MR) is 49.3 cm³/mol. The van der Waals surface area contributed by atoms with Gasteiger partial charge >= 0.3 is 0 Å². The van der Waals surface area contributed by atoms with E-state index in [1.807, 2.05) is 0 Å². The Bertz CT molecular complexity index is 317. The van der Waals surface area contributed by atoms with Crippen molar-refractivity contribution in [1.29, 1.82) is 0 Å². The molecule has 0 saturated heterocycles. The van der Waals surface area contributed by atoms with Crippen LogP contribution in [0, 0.1) is 5.82 Å². The van der Waals surface area contributed by atoms with Crippen molar-refractivity contribution in [3.8, 4) is 0 Å². The topological polar surface area (TPSA) is 26.0 Å². The summed E-state index contributed by atoms with van der Waals surface area (Å²) in [4.78, 5) is 0. The van der Waals surface area contributed by atoms with E-state index in [0.717, 1.165) is 0 Å². The maximum absolute atomic E-state index is 13.2. The molecule has 1 nitrogen and oxygen atoms in total. The number of benzene rings is 1. The van der Waals surface area contributed by atoms with Crippen LogP contribution in [-0.4, -0.2) is 6.67 Å². The third-order valence-electron chi connectivity index (χ3n) is 1.62. The number of hydrogen-bond donors (Lipinski definition) is 1. The molecule has 5 heteroatoms. The number of halogens is 4. The molecule has 1 atom stereocenters. The lowest BCUT2D eigenvalue weighted by molar-refractivity contribution is 0.427. The van der Waals surface area contributed by atoms with Gasteiger partial charge in [0.1, 0.15) is 12.5 Å². The molecule has 72 valence electrons. The highest BCUT2D eigenvalue weighted by atomic mass is 35.5. The molecule has 0 spiro atoms. The average Bonchev–Trinajstić information content (AvgIpc) is 2.12. The Morgan fingerprint density at radius 1 is 1.31 bits per heavy atom. The van der Waals surface area contributed by atoms with Crippen molar-refractivity contribution in [1.82, 2.24) is 0 Å². The summed E-state index contributed by atoms with van der Waals surface area (Å²) in [5, 5.41) is -0.0182. The van der Waals surface area contributed by atoms with Crippen LogP contribution in [0.2, 0.25) is 10.0 Å². The van der Waals surface area contributed by atoms with E-state index in [1.165, 1.54) is 12.1 Å². The normalized spacial score (nSPS) is 13.0. The fourth-order valence-electron chi connectivity index (χ4n) is 0.960. The summed E-state index contributed by atoms with van der Waals surface area (Å²) in [7, 11) is 0. The molecule has 0 amide bonds. The maximum atomic E-state index is 13.2. The zero-order valence-electron chi connectivity index (χ0n) is 6.53. The van der Waals surface area contributed by atoms with Gasteiger partial charge in [-0.25, -0.2) is 8.78 Å². The molecule has 0 saturated carbocycles. The molecular weight excluding hydrogens is 219 g/mol. The highest BCUT2D eigenvalue weighted by Crippen LogP contribution is 2.29. The van der Waals surface area contributed by atoms with Crippen LogP contribution in [0.5, 0.6) is 0 Å². The summed E-state index contributed by atoms with van der Waals surface area (Å²) in [6.07, 6.45) is 0. The molecule has 0 unspecified atom stereocenters. The molecule has 0 fully saturated rings. The van der Waals surface area contributed by atoms with Crippen molar-refractivity contribution in [3.05, 3.63) is 33.6 Å². The van der Waals surface area contributed by atoms with E-state index in [1.54, 1.807) is 0 Å². The van der Waals surface area contributed by atoms with Crippen molar-refractivity contribution in [2.24, 2.45) is 5.73 Å². The van der Waals surface area contributed by atoms with Crippen LogP contribution in [0.4, 0.5) is 8.78 Å². The molecular formula is C8H7Cl2F2N. The quantitative estimate of drug-likeness (QED) is 0.770. The lowest BCUT2D eigenvalue weighted by Crippen LogP contribution is -2.14. The van der Waals surface area contributed by atoms with Gasteiger partial charge in [-0.3, -0.25) is 0 Å². The lowest BCUT2D eigenvalue weighted by atomic mass is 10.1. The molecule has 0 aromatic heterocycles. The second kappa shape index (κ2) is 4.22. The van der Waals surface area contributed by atoms with Crippen molar-refractivity contribution in [2.45, 2.75) is 6.04 Å². The van der Waals surface area contributed by atoms with E-state index in [4.69, 9.17) is 28.9 Å². The molecule has 0 radical (unpaired) electrons. The van der Waals surface area contributed by atoms with Crippen LogP contribution >= 0.6 is 23.2 Å². The van der Waals surface area contributed by atoms with Gasteiger partial charge in [0, 0.05) is 10.6 Å². The fraction of sp³-hybridized carbons (Fsp3) is 0.250. The van der Waals surface area contributed by atoms with Gasteiger partial charge in [-0.1, -0.05) is 23.2 Å². The Morgan fingerprint density at radius 3 is 2.38 bits per heavy atom. The third-order valence-corrected chi connectivity index (χ3v) is 2.24. The van der Waals surface area contributed by atoms with Gasteiger partial charge in [-0.15, -0.1) is 0 Å². The van der Waals surface area contributed by atoms with Crippen LogP contribution in [0.25, 0.3) is 0 Å². The van der Waals surface area contributed by atoms with E-state index < -0.39 is 18.5 Å². The highest BCUT2D eigenvalue weighted by molar-refractivity contribution is 6.33. The highest BCUT2D eigenvalue weighted by Gasteiger charge is 2.17. The second-order valence-electron chi connectivity index (χ2n) is 2.52. The number of hydrogen-bond acceptors (Lipinski definition) is 1. The monoisotopic (exact) mass is 225 g/mol. The van der Waals surface area contributed by atoms with Gasteiger partial charge in [-0.05, 0) is 12.1 Å². The maximum Gasteiger partial charge on any atom is 0.148 e. The lowest BCUT2D eigenvalue weighted by Gasteiger charge is -2.11. The number of alkyl halides is 1. The van der Waals surface area contributed by atoms with Gasteiger partial charge in [0.05, 0.1) is 11.1 Å². The first kappa shape index (κ1) is 10.7. The van der Waals surface area contributed by atoms with E-state index in [-0.39, 0.29) is 15.6 Å². The minimum atomic E-state index is -1.06. The first-order valence-corrected chi connectivity index (χ1v) is 4.28. The number of nitrogens with two attached hydrogens (primary N) is 1. The molecule has 0 aliphatic rings. The summed E-state index contributed by atoms with van der Waals surface area (Å²) in [6, 6.07) is 1.62. The summed E-state index contributed by atoms with van der Waals surface area (Å²) in [5.41, 5.74) is 5.23. The summed E-state index contributed by atoms with van der Waals surface area (Å²) >= 11 is 11.1. The van der Waals surface area contributed by atoms with E-state index in [9.17, 15) is 8.78 Å². The Kier molecular flexibility index (Phi) is 3.47. The molecule has 0 heterocycles. The number of rotatable bonds is 2. The molecule has 1 aromatic rings. The van der Waals surface area contributed by atoms with Crippen LogP contribution in [0.1, 0.15) is 11.6 Å². The van der Waals surface area contributed by atoms with Gasteiger partial charge in [-0.2, -0.15) is 0 Å². The van der Waals surface area contributed by atoms with E-state index in [2.05, 4.69) is 0 Å². The van der Waals surface area contributed by atoms with Crippen LogP contribution in [-0.2, 0) is 0 Å². The van der Waals surface area contributed by atoms with Crippen molar-refractivity contribution >= 4 is 23.2 Å².